The maximum atomic E-state index is 12.9. The van der Waals surface area contributed by atoms with Crippen LogP contribution in [0.1, 0.15) is 155 Å². The molecule has 14 heteroatoms. The molecule has 1 aliphatic rings. The van der Waals surface area contributed by atoms with Crippen LogP contribution in [0.15, 0.2) is 36.5 Å². The molecule has 1 aliphatic carbocycles. The number of hydrogen-bond donors (Lipinski definition) is 9. The molecule has 0 aromatic carbocycles. The molecule has 0 aromatic rings. The normalized spacial score (nSPS) is 24.8. The van der Waals surface area contributed by atoms with Gasteiger partial charge in [0.2, 0.25) is 5.91 Å². The maximum absolute atomic E-state index is 12.9. The number of aliphatic hydroxyl groups is 7. The first-order valence-corrected chi connectivity index (χ1v) is 22.5. The van der Waals surface area contributed by atoms with Gasteiger partial charge in [-0.05, 0) is 51.4 Å². The number of hydrogen-bond acceptors (Lipinski definition) is 11. The number of allylic oxidation sites excluding steroid dienone is 5. The van der Waals surface area contributed by atoms with E-state index in [0.717, 1.165) is 57.8 Å². The molecule has 55 heavy (non-hydrogen) atoms. The Balaban J connectivity index is 2.65. The number of nitrogens with one attached hydrogen (secondary N) is 1. The van der Waals surface area contributed by atoms with Crippen LogP contribution in [0.5, 0.6) is 0 Å². The molecule has 1 rings (SSSR count). The summed E-state index contributed by atoms with van der Waals surface area (Å²) in [5.74, 6) is -0.616. The van der Waals surface area contributed by atoms with Crippen molar-refractivity contribution in [3.63, 3.8) is 0 Å². The van der Waals surface area contributed by atoms with Gasteiger partial charge in [-0.15, -0.1) is 0 Å². The van der Waals surface area contributed by atoms with E-state index in [1.165, 1.54) is 70.3 Å². The second-order valence-electron chi connectivity index (χ2n) is 15.0. The van der Waals surface area contributed by atoms with Crippen molar-refractivity contribution in [3.05, 3.63) is 36.5 Å². The number of carbonyl (C=O) groups excluding carboxylic acids is 1. The van der Waals surface area contributed by atoms with E-state index in [4.69, 9.17) is 9.05 Å². The molecule has 1 saturated carbocycles. The Hall–Kier alpha value is -1.48. The van der Waals surface area contributed by atoms with Crippen LogP contribution in [-0.2, 0) is 18.4 Å². The van der Waals surface area contributed by atoms with E-state index < -0.39 is 75.2 Å². The van der Waals surface area contributed by atoms with Gasteiger partial charge in [0.15, 0.2) is 0 Å². The monoisotopic (exact) mass is 806 g/mol. The lowest BCUT2D eigenvalue weighted by atomic mass is 9.85. The fourth-order valence-electron chi connectivity index (χ4n) is 6.41. The third-order valence-corrected chi connectivity index (χ3v) is 10.9. The molecule has 13 nitrogen and oxygen atoms in total. The van der Waals surface area contributed by atoms with Crippen molar-refractivity contribution < 1.29 is 59.0 Å². The van der Waals surface area contributed by atoms with E-state index in [2.05, 4.69) is 43.5 Å². The zero-order chi connectivity index (χ0) is 40.9. The second-order valence-corrected chi connectivity index (χ2v) is 16.4. The number of amides is 1. The fourth-order valence-corrected chi connectivity index (χ4v) is 7.38. The predicted octanol–water partition coefficient (Wildman–Crippen LogP) is 5.80. The predicted molar refractivity (Wildman–Crippen MR) is 215 cm³/mol. The zero-order valence-corrected chi connectivity index (χ0v) is 34.5. The molecule has 322 valence electrons. The summed E-state index contributed by atoms with van der Waals surface area (Å²) in [7, 11) is -5.14. The van der Waals surface area contributed by atoms with Crippen molar-refractivity contribution in [2.75, 3.05) is 6.61 Å². The lowest BCUT2D eigenvalue weighted by Crippen LogP contribution is -2.64. The Morgan fingerprint density at radius 1 is 0.636 bits per heavy atom. The minimum absolute atomic E-state index is 0.264. The van der Waals surface area contributed by atoms with Gasteiger partial charge >= 0.3 is 7.82 Å². The first-order chi connectivity index (χ1) is 26.3. The summed E-state index contributed by atoms with van der Waals surface area (Å²) in [5.41, 5.74) is 0. The van der Waals surface area contributed by atoms with Crippen LogP contribution in [0.2, 0.25) is 0 Å². The van der Waals surface area contributed by atoms with Crippen LogP contribution >= 0.6 is 7.82 Å². The van der Waals surface area contributed by atoms with Gasteiger partial charge in [0.1, 0.15) is 36.6 Å². The van der Waals surface area contributed by atoms with E-state index in [1.807, 2.05) is 0 Å². The van der Waals surface area contributed by atoms with E-state index >= 15 is 0 Å². The minimum atomic E-state index is -5.14. The molecular formula is C41H76NO12P. The minimum Gasteiger partial charge on any atom is -0.393 e. The highest BCUT2D eigenvalue weighted by atomic mass is 31.2. The summed E-state index contributed by atoms with van der Waals surface area (Å²) in [6, 6.07) is -1.26. The van der Waals surface area contributed by atoms with E-state index in [0.29, 0.717) is 12.8 Å². The topological polar surface area (TPSA) is 226 Å². The van der Waals surface area contributed by atoms with Crippen LogP contribution in [0, 0.1) is 0 Å². The Labute approximate surface area is 330 Å². The van der Waals surface area contributed by atoms with Gasteiger partial charge in [-0.3, -0.25) is 13.8 Å². The highest BCUT2D eigenvalue weighted by Gasteiger charge is 2.51. The van der Waals surface area contributed by atoms with E-state index in [-0.39, 0.29) is 6.42 Å². The van der Waals surface area contributed by atoms with Gasteiger partial charge in [-0.25, -0.2) is 4.57 Å². The quantitative estimate of drug-likeness (QED) is 0.0218. The number of aliphatic hydroxyl groups excluding tert-OH is 7. The Morgan fingerprint density at radius 3 is 1.65 bits per heavy atom. The maximum Gasteiger partial charge on any atom is 0.472 e. The molecule has 8 unspecified atom stereocenters. The first-order valence-electron chi connectivity index (χ1n) is 21.0. The Morgan fingerprint density at radius 2 is 1.09 bits per heavy atom. The summed E-state index contributed by atoms with van der Waals surface area (Å²) in [5, 5.41) is 74.1. The number of phosphoric acid groups is 1. The average Bonchev–Trinajstić information content (AvgIpc) is 3.15. The second kappa shape index (κ2) is 31.5. The van der Waals surface area contributed by atoms with Gasteiger partial charge in [-0.2, -0.15) is 0 Å². The third-order valence-electron chi connectivity index (χ3n) is 9.95. The standard InChI is InChI=1S/C41H76NO12P/c1-3-5-7-9-11-13-14-15-16-17-18-19-21-23-25-27-29-34(44)33(42-35(45)30-32(43)28-26-24-22-20-12-10-8-6-4-2)31-53-55(51,52)54-41-39(49)37(47)36(46)38(48)40(41)50/h10,12,19,21,27,29,32-34,36-41,43-44,46-50H,3-9,11,13-18,20,22-26,28,30-31H2,1-2H3,(H,42,45)(H,51,52)/b12-10-,21-19+,29-27+. The summed E-state index contributed by atoms with van der Waals surface area (Å²) in [6.07, 6.45) is 19.8. The summed E-state index contributed by atoms with van der Waals surface area (Å²) >= 11 is 0. The molecule has 0 aliphatic heterocycles. The van der Waals surface area contributed by atoms with Crippen LogP contribution in [-0.4, -0.2) is 108 Å². The summed E-state index contributed by atoms with van der Waals surface area (Å²) < 4.78 is 22.7. The third kappa shape index (κ3) is 24.1. The smallest absolute Gasteiger partial charge is 0.393 e. The highest BCUT2D eigenvalue weighted by Crippen LogP contribution is 2.47. The van der Waals surface area contributed by atoms with Crippen LogP contribution in [0.3, 0.4) is 0 Å². The van der Waals surface area contributed by atoms with Crippen LogP contribution in [0.4, 0.5) is 0 Å². The Bertz CT molecular complexity index is 1090. The summed E-state index contributed by atoms with van der Waals surface area (Å²) in [4.78, 5) is 23.3. The van der Waals surface area contributed by atoms with Gasteiger partial charge in [0, 0.05) is 0 Å². The Kier molecular flexibility index (Phi) is 29.5. The lowest BCUT2D eigenvalue weighted by Gasteiger charge is -2.41. The van der Waals surface area contributed by atoms with Crippen LogP contribution in [0.25, 0.3) is 0 Å². The lowest BCUT2D eigenvalue weighted by molar-refractivity contribution is -0.220. The van der Waals surface area contributed by atoms with Gasteiger partial charge in [0.25, 0.3) is 0 Å². The van der Waals surface area contributed by atoms with Crippen molar-refractivity contribution in [3.8, 4) is 0 Å². The molecule has 9 N–H and O–H groups in total. The van der Waals surface area contributed by atoms with E-state index in [1.54, 1.807) is 6.08 Å². The fraction of sp³-hybridized carbons (Fsp3) is 0.829. The molecule has 0 aromatic heterocycles. The van der Waals surface area contributed by atoms with Crippen LogP contribution < -0.4 is 5.32 Å². The number of phosphoric ester groups is 1. The van der Waals surface area contributed by atoms with Crippen molar-refractivity contribution in [1.29, 1.82) is 0 Å². The molecule has 0 saturated heterocycles. The number of carbonyl (C=O) groups is 1. The van der Waals surface area contributed by atoms with Crippen molar-refractivity contribution in [2.45, 2.75) is 210 Å². The first kappa shape index (κ1) is 51.5. The molecule has 8 atom stereocenters. The number of rotatable bonds is 33. The zero-order valence-electron chi connectivity index (χ0n) is 33.6. The van der Waals surface area contributed by atoms with Crippen molar-refractivity contribution in [1.82, 2.24) is 5.32 Å². The van der Waals surface area contributed by atoms with Gasteiger partial charge < -0.3 is 46.0 Å². The largest absolute Gasteiger partial charge is 0.472 e. The molecule has 1 fully saturated rings. The van der Waals surface area contributed by atoms with Crippen molar-refractivity contribution >= 4 is 13.7 Å². The molecule has 1 amide bonds. The van der Waals surface area contributed by atoms with E-state index in [9.17, 15) is 50.0 Å². The molecule has 0 spiro atoms. The molecule has 0 bridgehead atoms. The molecule has 0 radical (unpaired) electrons. The summed E-state index contributed by atoms with van der Waals surface area (Å²) in [6.45, 7) is 3.64. The van der Waals surface area contributed by atoms with Crippen molar-refractivity contribution in [2.24, 2.45) is 0 Å². The SMILES string of the molecule is CCCC/C=C\CCCCCC(O)CC(=O)NC(COP(=O)(O)OC1C(O)C(O)C(O)C(O)C1O)C(O)/C=C/CC/C=C/CCCCCCCCCCCC. The van der Waals surface area contributed by atoms with Gasteiger partial charge in [-0.1, -0.05) is 134 Å². The number of unbranched alkanes of at least 4 members (excludes halogenated alkanes) is 16. The average molecular weight is 806 g/mol. The highest BCUT2D eigenvalue weighted by molar-refractivity contribution is 7.47. The van der Waals surface area contributed by atoms with Gasteiger partial charge in [0.05, 0.1) is 31.3 Å². The molecule has 0 heterocycles. The molecular weight excluding hydrogens is 729 g/mol.